The van der Waals surface area contributed by atoms with Crippen LogP contribution in [-0.2, 0) is 10.0 Å². The molecule has 0 aromatic heterocycles. The van der Waals surface area contributed by atoms with Gasteiger partial charge in [0.05, 0.1) is 17.7 Å². The highest BCUT2D eigenvalue weighted by atomic mass is 32.2. The smallest absolute Gasteiger partial charge is 0.264 e. The Morgan fingerprint density at radius 2 is 1.59 bits per heavy atom. The Labute approximate surface area is 193 Å². The van der Waals surface area contributed by atoms with Crippen LogP contribution in [0.2, 0.25) is 0 Å². The van der Waals surface area contributed by atoms with Crippen LogP contribution in [0.3, 0.4) is 0 Å². The summed E-state index contributed by atoms with van der Waals surface area (Å²) in [5.41, 5.74) is 2.16. The lowest BCUT2D eigenvalue weighted by molar-refractivity contribution is 0.0956. The van der Waals surface area contributed by atoms with E-state index in [0.717, 1.165) is 10.6 Å². The minimum Gasteiger partial charge on any atom is -0.497 e. The van der Waals surface area contributed by atoms with Crippen molar-refractivity contribution < 1.29 is 17.9 Å². The summed E-state index contributed by atoms with van der Waals surface area (Å²) in [6.07, 6.45) is 0. The molecule has 0 unspecified atom stereocenters. The Balaban J connectivity index is 1.57. The number of ether oxygens (including phenoxy) is 1. The molecule has 0 heterocycles. The number of sulfonamides is 1. The molecular formula is C24H26N2O4S2. The molecule has 1 N–H and O–H groups in total. The van der Waals surface area contributed by atoms with Crippen LogP contribution in [0.15, 0.2) is 82.6 Å². The molecule has 168 valence electrons. The molecule has 32 heavy (non-hydrogen) atoms. The van der Waals surface area contributed by atoms with E-state index in [1.54, 1.807) is 48.2 Å². The number of carbonyl (C=O) groups excluding carboxylic acids is 1. The van der Waals surface area contributed by atoms with Gasteiger partial charge in [-0.3, -0.25) is 9.10 Å². The molecule has 8 heteroatoms. The molecule has 0 aliphatic rings. The van der Waals surface area contributed by atoms with Crippen molar-refractivity contribution in [3.8, 4) is 5.75 Å². The molecule has 1 amide bonds. The first kappa shape index (κ1) is 23.7. The lowest BCUT2D eigenvalue weighted by Gasteiger charge is -2.20. The molecule has 0 bridgehead atoms. The number of thioether (sulfide) groups is 1. The van der Waals surface area contributed by atoms with Crippen molar-refractivity contribution in [3.05, 3.63) is 83.9 Å². The second-order valence-corrected chi connectivity index (χ2v) is 10.2. The van der Waals surface area contributed by atoms with Gasteiger partial charge in [-0.05, 0) is 67.6 Å². The zero-order chi connectivity index (χ0) is 23.1. The highest BCUT2D eigenvalue weighted by Crippen LogP contribution is 2.24. The van der Waals surface area contributed by atoms with Gasteiger partial charge in [0.15, 0.2) is 0 Å². The second-order valence-electron chi connectivity index (χ2n) is 7.11. The van der Waals surface area contributed by atoms with Crippen molar-refractivity contribution in [3.63, 3.8) is 0 Å². The van der Waals surface area contributed by atoms with Crippen LogP contribution in [-0.4, -0.2) is 40.8 Å². The van der Waals surface area contributed by atoms with E-state index >= 15 is 0 Å². The molecule has 0 spiro atoms. The van der Waals surface area contributed by atoms with E-state index in [4.69, 9.17) is 4.74 Å². The van der Waals surface area contributed by atoms with Crippen molar-refractivity contribution in [1.29, 1.82) is 0 Å². The van der Waals surface area contributed by atoms with Gasteiger partial charge in [0.1, 0.15) is 5.75 Å². The first-order chi connectivity index (χ1) is 15.3. The fourth-order valence-corrected chi connectivity index (χ4v) is 4.90. The van der Waals surface area contributed by atoms with Gasteiger partial charge in [-0.1, -0.05) is 17.7 Å². The Hall–Kier alpha value is -2.97. The number of amides is 1. The predicted octanol–water partition coefficient (Wildman–Crippen LogP) is 4.35. The van der Waals surface area contributed by atoms with Gasteiger partial charge >= 0.3 is 0 Å². The third-order valence-electron chi connectivity index (χ3n) is 4.89. The fraction of sp³-hybridized carbons (Fsp3) is 0.208. The number of methoxy groups -OCH3 is 1. The number of carbonyl (C=O) groups is 1. The molecule has 0 saturated carbocycles. The topological polar surface area (TPSA) is 75.7 Å². The summed E-state index contributed by atoms with van der Waals surface area (Å²) in [5.74, 6) is 1.15. The maximum Gasteiger partial charge on any atom is 0.264 e. The molecule has 6 nitrogen and oxygen atoms in total. The van der Waals surface area contributed by atoms with E-state index < -0.39 is 10.0 Å². The average Bonchev–Trinajstić information content (AvgIpc) is 2.82. The third-order valence-corrected chi connectivity index (χ3v) is 7.70. The van der Waals surface area contributed by atoms with E-state index in [0.29, 0.717) is 23.5 Å². The van der Waals surface area contributed by atoms with Crippen LogP contribution in [0.25, 0.3) is 0 Å². The van der Waals surface area contributed by atoms with Crippen LogP contribution < -0.4 is 14.4 Å². The lowest BCUT2D eigenvalue weighted by atomic mass is 10.2. The highest BCUT2D eigenvalue weighted by molar-refractivity contribution is 7.99. The molecular weight excluding hydrogens is 444 g/mol. The van der Waals surface area contributed by atoms with E-state index in [9.17, 15) is 13.2 Å². The van der Waals surface area contributed by atoms with Crippen molar-refractivity contribution >= 4 is 33.4 Å². The molecule has 0 aliphatic heterocycles. The summed E-state index contributed by atoms with van der Waals surface area (Å²) < 4.78 is 32.0. The maximum absolute atomic E-state index is 12.9. The zero-order valence-electron chi connectivity index (χ0n) is 18.2. The number of nitrogens with zero attached hydrogens (tertiary/aromatic N) is 1. The molecule has 0 atom stereocenters. The van der Waals surface area contributed by atoms with E-state index in [-0.39, 0.29) is 10.8 Å². The van der Waals surface area contributed by atoms with Gasteiger partial charge in [-0.15, -0.1) is 11.8 Å². The molecule has 0 saturated heterocycles. The molecule has 0 aliphatic carbocycles. The maximum atomic E-state index is 12.9. The summed E-state index contributed by atoms with van der Waals surface area (Å²) >= 11 is 1.68. The fourth-order valence-electron chi connectivity index (χ4n) is 2.94. The Bertz CT molecular complexity index is 1140. The first-order valence-electron chi connectivity index (χ1n) is 10.0. The summed E-state index contributed by atoms with van der Waals surface area (Å²) in [6, 6.07) is 21.0. The number of benzene rings is 3. The molecule has 3 rings (SSSR count). The van der Waals surface area contributed by atoms with Gasteiger partial charge in [-0.2, -0.15) is 0 Å². The first-order valence-corrected chi connectivity index (χ1v) is 12.4. The number of anilines is 1. The van der Waals surface area contributed by atoms with Crippen LogP contribution in [0, 0.1) is 6.92 Å². The Kier molecular flexibility index (Phi) is 7.82. The number of aryl methyl sites for hydroxylation is 1. The van der Waals surface area contributed by atoms with E-state index in [1.807, 2.05) is 6.92 Å². The van der Waals surface area contributed by atoms with Crippen molar-refractivity contribution in [2.75, 3.05) is 30.8 Å². The van der Waals surface area contributed by atoms with Gasteiger partial charge in [0, 0.05) is 29.8 Å². The SMILES string of the molecule is COc1ccc(S(=O)(=O)N(C)c2ccc(C(=O)NCCSc3ccc(C)cc3)cc2)cc1. The van der Waals surface area contributed by atoms with Gasteiger partial charge in [0.25, 0.3) is 15.9 Å². The summed E-state index contributed by atoms with van der Waals surface area (Å²) in [7, 11) is -0.715. The van der Waals surface area contributed by atoms with Crippen LogP contribution >= 0.6 is 11.8 Å². The van der Waals surface area contributed by atoms with Crippen LogP contribution in [0.1, 0.15) is 15.9 Å². The lowest BCUT2D eigenvalue weighted by Crippen LogP contribution is -2.27. The van der Waals surface area contributed by atoms with Gasteiger partial charge < -0.3 is 10.1 Å². The van der Waals surface area contributed by atoms with E-state index in [2.05, 4.69) is 29.6 Å². The number of hydrogen-bond donors (Lipinski definition) is 1. The largest absolute Gasteiger partial charge is 0.497 e. The Morgan fingerprint density at radius 1 is 0.969 bits per heavy atom. The molecule has 0 radical (unpaired) electrons. The van der Waals surface area contributed by atoms with Crippen molar-refractivity contribution in [2.24, 2.45) is 0 Å². The average molecular weight is 471 g/mol. The van der Waals surface area contributed by atoms with Crippen molar-refractivity contribution in [1.82, 2.24) is 5.32 Å². The van der Waals surface area contributed by atoms with Crippen LogP contribution in [0.5, 0.6) is 5.75 Å². The normalized spacial score (nSPS) is 11.1. The number of hydrogen-bond acceptors (Lipinski definition) is 5. The van der Waals surface area contributed by atoms with Gasteiger partial charge in [-0.25, -0.2) is 8.42 Å². The van der Waals surface area contributed by atoms with Crippen LogP contribution in [0.4, 0.5) is 5.69 Å². The Morgan fingerprint density at radius 3 is 2.19 bits per heavy atom. The zero-order valence-corrected chi connectivity index (χ0v) is 19.9. The quantitative estimate of drug-likeness (QED) is 0.372. The molecule has 3 aromatic carbocycles. The minimum absolute atomic E-state index is 0.161. The number of nitrogens with one attached hydrogen (secondary N) is 1. The number of rotatable bonds is 9. The van der Waals surface area contributed by atoms with Gasteiger partial charge in [0.2, 0.25) is 0 Å². The summed E-state index contributed by atoms with van der Waals surface area (Å²) in [5, 5.41) is 2.89. The minimum atomic E-state index is -3.72. The van der Waals surface area contributed by atoms with E-state index in [1.165, 1.54) is 36.2 Å². The third kappa shape index (κ3) is 5.83. The summed E-state index contributed by atoms with van der Waals surface area (Å²) in [4.78, 5) is 13.7. The standard InChI is InChI=1S/C24H26N2O4S2/c1-18-4-12-22(13-5-18)31-17-16-25-24(27)19-6-8-20(9-7-19)26(2)32(28,29)23-14-10-21(30-3)11-15-23/h4-15H,16-17H2,1-3H3,(H,25,27). The summed E-state index contributed by atoms with van der Waals surface area (Å²) in [6.45, 7) is 2.58. The van der Waals surface area contributed by atoms with Crippen molar-refractivity contribution in [2.45, 2.75) is 16.7 Å². The highest BCUT2D eigenvalue weighted by Gasteiger charge is 2.21. The predicted molar refractivity (Wildman–Crippen MR) is 129 cm³/mol. The second kappa shape index (κ2) is 10.6. The molecule has 0 fully saturated rings. The monoisotopic (exact) mass is 470 g/mol. The molecule has 3 aromatic rings.